The van der Waals surface area contributed by atoms with E-state index >= 15 is 0 Å². The second kappa shape index (κ2) is 6.30. The minimum atomic E-state index is -0.450. The van der Waals surface area contributed by atoms with Crippen molar-refractivity contribution in [3.63, 3.8) is 0 Å². The van der Waals surface area contributed by atoms with Crippen LogP contribution in [0.2, 0.25) is 0 Å². The first kappa shape index (κ1) is 15.8. The predicted octanol–water partition coefficient (Wildman–Crippen LogP) is 4.83. The second-order valence-corrected chi connectivity index (χ2v) is 6.81. The molecule has 3 nitrogen and oxygen atoms in total. The standard InChI is InChI=1S/C21H14BrNO2/c22-16-11-12-17-18(13-16)21(25)23(20(17)24)19(14-7-3-1-4-8-14)15-9-5-2-6-10-15/h1-13,19H. The molecule has 0 fully saturated rings. The summed E-state index contributed by atoms with van der Waals surface area (Å²) in [6, 6.07) is 24.0. The Hall–Kier alpha value is -2.72. The van der Waals surface area contributed by atoms with E-state index in [1.165, 1.54) is 4.90 Å². The van der Waals surface area contributed by atoms with Crippen LogP contribution >= 0.6 is 15.9 Å². The van der Waals surface area contributed by atoms with Crippen molar-refractivity contribution in [2.24, 2.45) is 0 Å². The van der Waals surface area contributed by atoms with E-state index in [9.17, 15) is 9.59 Å². The van der Waals surface area contributed by atoms with E-state index in [0.717, 1.165) is 15.6 Å². The van der Waals surface area contributed by atoms with Crippen LogP contribution < -0.4 is 0 Å². The number of carbonyl (C=O) groups is 2. The molecule has 2 amide bonds. The Bertz CT molecular complexity index is 915. The minimum absolute atomic E-state index is 0.259. The maximum absolute atomic E-state index is 13.0. The smallest absolute Gasteiger partial charge is 0.262 e. The van der Waals surface area contributed by atoms with Gasteiger partial charge < -0.3 is 0 Å². The van der Waals surface area contributed by atoms with Gasteiger partial charge in [0.05, 0.1) is 17.2 Å². The Kier molecular flexibility index (Phi) is 3.98. The first-order valence-corrected chi connectivity index (χ1v) is 8.73. The van der Waals surface area contributed by atoms with Crippen LogP contribution in [0.4, 0.5) is 0 Å². The summed E-state index contributed by atoms with van der Waals surface area (Å²) in [5.41, 5.74) is 2.70. The Morgan fingerprint density at radius 2 is 1.20 bits per heavy atom. The molecule has 25 heavy (non-hydrogen) atoms. The number of rotatable bonds is 3. The Morgan fingerprint density at radius 1 is 0.680 bits per heavy atom. The number of carbonyl (C=O) groups excluding carboxylic acids is 2. The number of benzene rings is 3. The molecule has 4 heteroatoms. The summed E-state index contributed by atoms with van der Waals surface area (Å²) in [7, 11) is 0. The van der Waals surface area contributed by atoms with Crippen LogP contribution in [0.5, 0.6) is 0 Å². The molecule has 0 atom stereocenters. The fraction of sp³-hybridized carbons (Fsp3) is 0.0476. The molecule has 1 aliphatic heterocycles. The number of amides is 2. The highest BCUT2D eigenvalue weighted by molar-refractivity contribution is 9.10. The predicted molar refractivity (Wildman–Crippen MR) is 99.4 cm³/mol. The third-order valence-corrected chi connectivity index (χ3v) is 4.86. The fourth-order valence-corrected chi connectivity index (χ4v) is 3.59. The Morgan fingerprint density at radius 3 is 1.76 bits per heavy atom. The van der Waals surface area contributed by atoms with Crippen molar-refractivity contribution in [3.8, 4) is 0 Å². The zero-order valence-corrected chi connectivity index (χ0v) is 14.8. The van der Waals surface area contributed by atoms with Gasteiger partial charge in [-0.15, -0.1) is 0 Å². The van der Waals surface area contributed by atoms with Crippen LogP contribution in [-0.2, 0) is 0 Å². The van der Waals surface area contributed by atoms with Crippen molar-refractivity contribution in [2.75, 3.05) is 0 Å². The second-order valence-electron chi connectivity index (χ2n) is 5.89. The third-order valence-electron chi connectivity index (χ3n) is 4.37. The largest absolute Gasteiger partial charge is 0.269 e. The molecule has 1 aliphatic rings. The molecule has 0 saturated heterocycles. The topological polar surface area (TPSA) is 37.4 Å². The average Bonchev–Trinajstić information content (AvgIpc) is 2.88. The first-order valence-electron chi connectivity index (χ1n) is 7.94. The SMILES string of the molecule is O=C1c2ccc(Br)cc2C(=O)N1C(c1ccccc1)c1ccccc1. The van der Waals surface area contributed by atoms with Crippen molar-refractivity contribution in [1.29, 1.82) is 0 Å². The van der Waals surface area contributed by atoms with Crippen LogP contribution in [-0.4, -0.2) is 16.7 Å². The number of halogens is 1. The minimum Gasteiger partial charge on any atom is -0.269 e. The molecule has 0 radical (unpaired) electrons. The van der Waals surface area contributed by atoms with E-state index < -0.39 is 6.04 Å². The quantitative estimate of drug-likeness (QED) is 0.599. The van der Waals surface area contributed by atoms with Crippen LogP contribution in [0.25, 0.3) is 0 Å². The van der Waals surface area contributed by atoms with Gasteiger partial charge in [-0.1, -0.05) is 76.6 Å². The van der Waals surface area contributed by atoms with Gasteiger partial charge in [0.25, 0.3) is 11.8 Å². The van der Waals surface area contributed by atoms with E-state index in [1.54, 1.807) is 18.2 Å². The summed E-state index contributed by atoms with van der Waals surface area (Å²) in [6.45, 7) is 0. The van der Waals surface area contributed by atoms with Crippen molar-refractivity contribution in [1.82, 2.24) is 4.90 Å². The highest BCUT2D eigenvalue weighted by Crippen LogP contribution is 2.36. The summed E-state index contributed by atoms with van der Waals surface area (Å²) >= 11 is 3.38. The van der Waals surface area contributed by atoms with Gasteiger partial charge in [0.1, 0.15) is 0 Å². The molecule has 0 spiro atoms. The van der Waals surface area contributed by atoms with E-state index in [0.29, 0.717) is 11.1 Å². The Balaban J connectivity index is 1.87. The van der Waals surface area contributed by atoms with Gasteiger partial charge in [-0.05, 0) is 29.3 Å². The zero-order valence-electron chi connectivity index (χ0n) is 13.2. The van der Waals surface area contributed by atoms with Gasteiger partial charge in [-0.2, -0.15) is 0 Å². The molecular weight excluding hydrogens is 378 g/mol. The molecule has 3 aromatic carbocycles. The molecule has 0 aliphatic carbocycles. The number of fused-ring (bicyclic) bond motifs is 1. The first-order chi connectivity index (χ1) is 12.2. The van der Waals surface area contributed by atoms with Crippen LogP contribution in [0, 0.1) is 0 Å². The molecule has 0 N–H and O–H groups in total. The molecule has 0 aromatic heterocycles. The van der Waals surface area contributed by atoms with Gasteiger partial charge >= 0.3 is 0 Å². The lowest BCUT2D eigenvalue weighted by atomic mass is 9.97. The van der Waals surface area contributed by atoms with E-state index in [4.69, 9.17) is 0 Å². The highest BCUT2D eigenvalue weighted by atomic mass is 79.9. The zero-order chi connectivity index (χ0) is 17.4. The van der Waals surface area contributed by atoms with E-state index in [1.807, 2.05) is 60.7 Å². The maximum Gasteiger partial charge on any atom is 0.262 e. The monoisotopic (exact) mass is 391 g/mol. The number of nitrogens with zero attached hydrogens (tertiary/aromatic N) is 1. The summed E-state index contributed by atoms with van der Waals surface area (Å²) in [4.78, 5) is 27.4. The lowest BCUT2D eigenvalue weighted by molar-refractivity contribution is 0.0608. The van der Waals surface area contributed by atoms with E-state index in [-0.39, 0.29) is 11.8 Å². The molecular formula is C21H14BrNO2. The number of imide groups is 1. The Labute approximate surface area is 154 Å². The van der Waals surface area contributed by atoms with Crippen LogP contribution in [0.3, 0.4) is 0 Å². The molecule has 0 bridgehead atoms. The number of hydrogen-bond donors (Lipinski definition) is 0. The average molecular weight is 392 g/mol. The van der Waals surface area contributed by atoms with E-state index in [2.05, 4.69) is 15.9 Å². The van der Waals surface area contributed by atoms with Crippen molar-refractivity contribution >= 4 is 27.7 Å². The highest BCUT2D eigenvalue weighted by Gasteiger charge is 2.41. The summed E-state index contributed by atoms with van der Waals surface area (Å²) in [5, 5.41) is 0. The molecule has 0 saturated carbocycles. The maximum atomic E-state index is 13.0. The summed E-state index contributed by atoms with van der Waals surface area (Å²) < 4.78 is 0.783. The fourth-order valence-electron chi connectivity index (χ4n) is 3.23. The summed E-state index contributed by atoms with van der Waals surface area (Å²) in [6.07, 6.45) is 0. The molecule has 122 valence electrons. The summed E-state index contributed by atoms with van der Waals surface area (Å²) in [5.74, 6) is -0.524. The number of hydrogen-bond acceptors (Lipinski definition) is 2. The molecule has 1 heterocycles. The normalized spacial score (nSPS) is 13.4. The van der Waals surface area contributed by atoms with Gasteiger partial charge in [0, 0.05) is 4.47 Å². The third kappa shape index (κ3) is 2.68. The van der Waals surface area contributed by atoms with Gasteiger partial charge in [0.15, 0.2) is 0 Å². The van der Waals surface area contributed by atoms with Gasteiger partial charge in [-0.3, -0.25) is 14.5 Å². The lowest BCUT2D eigenvalue weighted by Gasteiger charge is -2.27. The van der Waals surface area contributed by atoms with Crippen molar-refractivity contribution in [3.05, 3.63) is 106 Å². The van der Waals surface area contributed by atoms with Crippen LogP contribution in [0.1, 0.15) is 37.9 Å². The van der Waals surface area contributed by atoms with Crippen LogP contribution in [0.15, 0.2) is 83.3 Å². The van der Waals surface area contributed by atoms with Gasteiger partial charge in [-0.25, -0.2) is 0 Å². The molecule has 3 aromatic rings. The lowest BCUT2D eigenvalue weighted by Crippen LogP contribution is -2.34. The molecule has 4 rings (SSSR count). The van der Waals surface area contributed by atoms with Crippen molar-refractivity contribution in [2.45, 2.75) is 6.04 Å². The van der Waals surface area contributed by atoms with Gasteiger partial charge in [0.2, 0.25) is 0 Å². The van der Waals surface area contributed by atoms with Crippen molar-refractivity contribution < 1.29 is 9.59 Å². The molecule has 0 unspecified atom stereocenters.